The molecule has 46 heavy (non-hydrogen) atoms. The number of methoxy groups -OCH3 is 1. The second-order valence-electron chi connectivity index (χ2n) is 11.1. The van der Waals surface area contributed by atoms with E-state index < -0.39 is 11.6 Å². The lowest BCUT2D eigenvalue weighted by atomic mass is 9.96. The number of halogens is 2. The fourth-order valence-electron chi connectivity index (χ4n) is 5.92. The highest BCUT2D eigenvalue weighted by Crippen LogP contribution is 2.47. The molecule has 6 aromatic rings. The third-order valence-electron chi connectivity index (χ3n) is 8.13. The maximum Gasteiger partial charge on any atom is 0.246 e. The molecule has 1 aliphatic rings. The number of pyridine rings is 2. The van der Waals surface area contributed by atoms with Crippen molar-refractivity contribution in [2.45, 2.75) is 26.1 Å². The highest BCUT2D eigenvalue weighted by molar-refractivity contribution is 7.18. The van der Waals surface area contributed by atoms with E-state index in [2.05, 4.69) is 16.7 Å². The van der Waals surface area contributed by atoms with Crippen LogP contribution < -0.4 is 4.74 Å². The van der Waals surface area contributed by atoms with E-state index in [1.54, 1.807) is 22.0 Å². The number of aromatic nitrogens is 6. The third kappa shape index (κ3) is 5.01. The van der Waals surface area contributed by atoms with Gasteiger partial charge in [0.15, 0.2) is 5.65 Å². The minimum Gasteiger partial charge on any atom is -0.490 e. The van der Waals surface area contributed by atoms with Crippen molar-refractivity contribution in [3.8, 4) is 39.5 Å². The smallest absolute Gasteiger partial charge is 0.246 e. The van der Waals surface area contributed by atoms with Gasteiger partial charge in [0, 0.05) is 65.1 Å². The number of thiophene rings is 1. The minimum absolute atomic E-state index is 0.0267. The second kappa shape index (κ2) is 11.7. The molecule has 0 saturated heterocycles. The molecule has 0 saturated carbocycles. The van der Waals surface area contributed by atoms with E-state index in [1.807, 2.05) is 42.2 Å². The number of hydrogen-bond acceptors (Lipinski definition) is 8. The number of ether oxygens (including phenoxy) is 2. The van der Waals surface area contributed by atoms with Crippen LogP contribution in [0.2, 0.25) is 0 Å². The normalized spacial score (nSPS) is 14.6. The Morgan fingerprint density at radius 1 is 1.15 bits per heavy atom. The van der Waals surface area contributed by atoms with E-state index in [-0.39, 0.29) is 36.5 Å². The van der Waals surface area contributed by atoms with Gasteiger partial charge in [-0.3, -0.25) is 14.2 Å². The lowest BCUT2D eigenvalue weighted by Gasteiger charge is -2.33. The van der Waals surface area contributed by atoms with Crippen LogP contribution in [0.1, 0.15) is 12.6 Å². The van der Waals surface area contributed by atoms with Gasteiger partial charge in [0.05, 0.1) is 42.8 Å². The van der Waals surface area contributed by atoms with Crippen molar-refractivity contribution in [2.75, 3.05) is 20.3 Å². The molecule has 5 aromatic heterocycles. The van der Waals surface area contributed by atoms with Gasteiger partial charge in [0.1, 0.15) is 35.4 Å². The summed E-state index contributed by atoms with van der Waals surface area (Å²) in [5, 5.41) is 12.8. The molecule has 0 unspecified atom stereocenters. The average Bonchev–Trinajstić information content (AvgIpc) is 3.78. The van der Waals surface area contributed by atoms with Gasteiger partial charge in [0.25, 0.3) is 0 Å². The summed E-state index contributed by atoms with van der Waals surface area (Å²) < 4.78 is 45.9. The predicted octanol–water partition coefficient (Wildman–Crippen LogP) is 6.00. The number of hydrogen-bond donors (Lipinski definition) is 0. The van der Waals surface area contributed by atoms with Crippen molar-refractivity contribution in [3.63, 3.8) is 0 Å². The van der Waals surface area contributed by atoms with Crippen molar-refractivity contribution >= 4 is 38.4 Å². The number of carbonyl (C=O) groups excluding carboxylic acids is 1. The zero-order valence-corrected chi connectivity index (χ0v) is 26.1. The van der Waals surface area contributed by atoms with Crippen LogP contribution in [0, 0.1) is 11.6 Å². The van der Waals surface area contributed by atoms with E-state index >= 15 is 4.39 Å². The van der Waals surface area contributed by atoms with Crippen molar-refractivity contribution in [3.05, 3.63) is 78.1 Å². The van der Waals surface area contributed by atoms with Gasteiger partial charge >= 0.3 is 0 Å². The molecule has 6 heterocycles. The molecule has 0 aliphatic carbocycles. The third-order valence-corrected chi connectivity index (χ3v) is 9.06. The molecule has 13 heteroatoms. The number of nitrogens with zero attached hydrogens (tertiary/aromatic N) is 7. The molecule has 1 atom stereocenters. The number of rotatable bonds is 8. The fraction of sp³-hybridized carbons (Fsp3) is 0.242. The second-order valence-corrected chi connectivity index (χ2v) is 12.0. The van der Waals surface area contributed by atoms with Crippen molar-refractivity contribution in [1.29, 1.82) is 0 Å². The largest absolute Gasteiger partial charge is 0.490 e. The highest BCUT2D eigenvalue weighted by atomic mass is 32.1. The Balaban J connectivity index is 1.49. The quantitative estimate of drug-likeness (QED) is 0.149. The fourth-order valence-corrected chi connectivity index (χ4v) is 6.87. The molecule has 1 amide bonds. The van der Waals surface area contributed by atoms with E-state index in [0.29, 0.717) is 35.7 Å². The predicted molar refractivity (Wildman–Crippen MR) is 171 cm³/mol. The summed E-state index contributed by atoms with van der Waals surface area (Å²) in [4.78, 5) is 24.1. The minimum atomic E-state index is -0.795. The monoisotopic (exact) mass is 641 g/mol. The lowest BCUT2D eigenvalue weighted by Crippen LogP contribution is -2.44. The number of carbonyl (C=O) groups is 1. The molecular weight excluding hydrogens is 612 g/mol. The van der Waals surface area contributed by atoms with Crippen LogP contribution in [0.15, 0.2) is 60.8 Å². The Hall–Kier alpha value is -5.01. The molecule has 234 valence electrons. The van der Waals surface area contributed by atoms with Gasteiger partial charge in [-0.05, 0) is 36.6 Å². The Kier molecular flexibility index (Phi) is 7.57. The van der Waals surface area contributed by atoms with E-state index in [4.69, 9.17) is 19.6 Å². The number of benzene rings is 1. The Morgan fingerprint density at radius 2 is 2.00 bits per heavy atom. The van der Waals surface area contributed by atoms with Gasteiger partial charge in [-0.25, -0.2) is 18.7 Å². The molecule has 7 rings (SSSR count). The maximum absolute atomic E-state index is 16.0. The van der Waals surface area contributed by atoms with E-state index in [0.717, 1.165) is 38.4 Å². The zero-order chi connectivity index (χ0) is 32.1. The Labute approximate surface area is 266 Å². The van der Waals surface area contributed by atoms with Crippen LogP contribution in [0.25, 0.3) is 54.9 Å². The van der Waals surface area contributed by atoms with Crippen molar-refractivity contribution < 1.29 is 23.0 Å². The Bertz CT molecular complexity index is 2150. The zero-order valence-electron chi connectivity index (χ0n) is 25.3. The standard InChI is InChI=1S/C33H29F2N7O3S/c1-5-27(43)41-17-22-13-25(39-42(22)16-18(41)2)31-29(28-24(35)11-21(34)12-26(28)45-8-7-44-4)32-23(6-9-46-32)30(38-31)19-10-20-15-37-40(3)33(20)36-14-19/h5-6,9-15,18H,1,7-8,16-17H2,2-4H3/t18-/m1/s1. The van der Waals surface area contributed by atoms with E-state index in [1.165, 1.54) is 30.6 Å². The molecule has 1 aromatic carbocycles. The molecule has 0 bridgehead atoms. The van der Waals surface area contributed by atoms with Gasteiger partial charge in [-0.15, -0.1) is 11.3 Å². The topological polar surface area (TPSA) is 100 Å². The van der Waals surface area contributed by atoms with Gasteiger partial charge in [0.2, 0.25) is 5.91 Å². The number of amides is 1. The van der Waals surface area contributed by atoms with Crippen molar-refractivity contribution in [1.82, 2.24) is 34.4 Å². The molecule has 0 spiro atoms. The Morgan fingerprint density at radius 3 is 2.80 bits per heavy atom. The van der Waals surface area contributed by atoms with Crippen molar-refractivity contribution in [2.24, 2.45) is 7.05 Å². The summed E-state index contributed by atoms with van der Waals surface area (Å²) in [6.45, 7) is 6.68. The van der Waals surface area contributed by atoms with Crippen LogP contribution in [0.3, 0.4) is 0 Å². The summed E-state index contributed by atoms with van der Waals surface area (Å²) in [6.07, 6.45) is 4.78. The molecule has 0 N–H and O–H groups in total. The highest BCUT2D eigenvalue weighted by Gasteiger charge is 2.30. The molecular formula is C33H29F2N7O3S. The summed E-state index contributed by atoms with van der Waals surface area (Å²) >= 11 is 1.41. The number of aryl methyl sites for hydroxylation is 1. The maximum atomic E-state index is 16.0. The van der Waals surface area contributed by atoms with Crippen LogP contribution in [-0.2, 0) is 29.7 Å². The average molecular weight is 642 g/mol. The number of fused-ring (bicyclic) bond motifs is 3. The lowest BCUT2D eigenvalue weighted by molar-refractivity contribution is -0.129. The molecule has 1 aliphatic heterocycles. The molecule has 0 fully saturated rings. The summed E-state index contributed by atoms with van der Waals surface area (Å²) in [5.41, 5.74) is 4.24. The first-order chi connectivity index (χ1) is 22.3. The van der Waals surface area contributed by atoms with Crippen LogP contribution in [-0.4, -0.2) is 66.7 Å². The van der Waals surface area contributed by atoms with Gasteiger partial charge < -0.3 is 14.4 Å². The van der Waals surface area contributed by atoms with Crippen LogP contribution in [0.5, 0.6) is 5.75 Å². The first-order valence-corrected chi connectivity index (χ1v) is 15.5. The van der Waals surface area contributed by atoms with Gasteiger partial charge in [-0.2, -0.15) is 10.2 Å². The first kappa shape index (κ1) is 29.7. The van der Waals surface area contributed by atoms with Crippen LogP contribution >= 0.6 is 11.3 Å². The first-order valence-electron chi connectivity index (χ1n) is 14.6. The molecule has 10 nitrogen and oxygen atoms in total. The molecule has 0 radical (unpaired) electrons. The van der Waals surface area contributed by atoms with Gasteiger partial charge in [-0.1, -0.05) is 6.58 Å². The summed E-state index contributed by atoms with van der Waals surface area (Å²) in [5.74, 6) is -1.71. The SMILES string of the molecule is C=CC(=O)N1Cc2cc(-c3nc(-c4cnc5c(cnn5C)c4)c4ccsc4c3-c3c(F)cc(F)cc3OCCOC)nn2C[C@H]1C. The summed E-state index contributed by atoms with van der Waals surface area (Å²) in [7, 11) is 3.35. The van der Waals surface area contributed by atoms with Crippen LogP contribution in [0.4, 0.5) is 8.78 Å². The van der Waals surface area contributed by atoms with E-state index in [9.17, 15) is 9.18 Å². The summed E-state index contributed by atoms with van der Waals surface area (Å²) in [6, 6.07) is 7.64.